The van der Waals surface area contributed by atoms with Crippen LogP contribution in [0.25, 0.3) is 0 Å². The van der Waals surface area contributed by atoms with E-state index in [1.807, 2.05) is 0 Å². The van der Waals surface area contributed by atoms with Crippen molar-refractivity contribution in [3.63, 3.8) is 0 Å². The molecule has 0 spiro atoms. The van der Waals surface area contributed by atoms with E-state index in [1.54, 1.807) is 0 Å². The lowest BCUT2D eigenvalue weighted by Crippen LogP contribution is -2.18. The summed E-state index contributed by atoms with van der Waals surface area (Å²) in [6, 6.07) is 0. The number of carboxylic acid groups (broad SMARTS) is 1. The van der Waals surface area contributed by atoms with E-state index in [1.165, 1.54) is 77.0 Å². The Balaban J connectivity index is 1.62. The first-order chi connectivity index (χ1) is 14.6. The molecular formula is C26H46O4. The number of aliphatic hydroxyl groups excluding tert-OH is 1. The fourth-order valence-electron chi connectivity index (χ4n) is 5.63. The van der Waals surface area contributed by atoms with Crippen LogP contribution in [0.15, 0.2) is 12.2 Å². The van der Waals surface area contributed by atoms with Gasteiger partial charge in [-0.25, -0.2) is 0 Å². The normalized spacial score (nSPS) is 23.7. The quantitative estimate of drug-likeness (QED) is 0.152. The highest BCUT2D eigenvalue weighted by Gasteiger charge is 2.25. The highest BCUT2D eigenvalue weighted by molar-refractivity contribution is 5.66. The Hall–Kier alpha value is -0.870. The van der Waals surface area contributed by atoms with Crippen molar-refractivity contribution in [2.24, 2.45) is 23.7 Å². The Morgan fingerprint density at radius 3 is 2.27 bits per heavy atom. The zero-order valence-corrected chi connectivity index (χ0v) is 19.0. The van der Waals surface area contributed by atoms with E-state index in [4.69, 9.17) is 5.11 Å². The van der Waals surface area contributed by atoms with E-state index in [9.17, 15) is 15.0 Å². The summed E-state index contributed by atoms with van der Waals surface area (Å²) in [5.74, 6) is 1.43. The smallest absolute Gasteiger partial charge is 0.303 e. The van der Waals surface area contributed by atoms with Gasteiger partial charge in [0.1, 0.15) is 0 Å². The van der Waals surface area contributed by atoms with E-state index < -0.39 is 12.3 Å². The highest BCUT2D eigenvalue weighted by atomic mass is 16.5. The van der Waals surface area contributed by atoms with Crippen molar-refractivity contribution in [1.82, 2.24) is 0 Å². The zero-order chi connectivity index (χ0) is 21.6. The van der Waals surface area contributed by atoms with Crippen molar-refractivity contribution in [3.8, 4) is 0 Å². The lowest BCUT2D eigenvalue weighted by molar-refractivity contribution is -0.137. The molecule has 0 bridgehead atoms. The van der Waals surface area contributed by atoms with E-state index in [0.717, 1.165) is 38.0 Å². The topological polar surface area (TPSA) is 77.8 Å². The molecule has 0 aromatic carbocycles. The maximum atomic E-state index is 10.6. The molecule has 0 heterocycles. The van der Waals surface area contributed by atoms with E-state index in [-0.39, 0.29) is 5.92 Å². The van der Waals surface area contributed by atoms with Gasteiger partial charge < -0.3 is 15.3 Å². The Morgan fingerprint density at radius 1 is 0.833 bits per heavy atom. The highest BCUT2D eigenvalue weighted by Crippen LogP contribution is 2.37. The molecule has 0 saturated heterocycles. The molecule has 2 saturated carbocycles. The minimum Gasteiger partial charge on any atom is -0.481 e. The van der Waals surface area contributed by atoms with Gasteiger partial charge in [0, 0.05) is 12.3 Å². The third-order valence-electron chi connectivity index (χ3n) is 7.55. The summed E-state index contributed by atoms with van der Waals surface area (Å²) in [5, 5.41) is 28.3. The average molecular weight is 423 g/mol. The molecule has 0 aromatic heterocycles. The van der Waals surface area contributed by atoms with Crippen LogP contribution in [0.2, 0.25) is 0 Å². The standard InChI is InChI=1S/C26H46O4/c27-25(28)18-7-2-1-5-14-22-16-10-17-23(22)19-20-24(26(29)30)15-6-3-4-11-21-12-8-9-13-21/h19-24,26,29-30H,1-18H2,(H,27,28)/t22-,23+,24?/m0/s1. The maximum absolute atomic E-state index is 10.6. The van der Waals surface area contributed by atoms with Gasteiger partial charge in [0.05, 0.1) is 0 Å². The van der Waals surface area contributed by atoms with Crippen LogP contribution in [0.3, 0.4) is 0 Å². The van der Waals surface area contributed by atoms with Crippen LogP contribution in [0.4, 0.5) is 0 Å². The minimum absolute atomic E-state index is 0.131. The van der Waals surface area contributed by atoms with Crippen molar-refractivity contribution < 1.29 is 20.1 Å². The van der Waals surface area contributed by atoms with E-state index in [0.29, 0.717) is 18.3 Å². The van der Waals surface area contributed by atoms with Gasteiger partial charge in [0.15, 0.2) is 6.29 Å². The van der Waals surface area contributed by atoms with Crippen LogP contribution in [0.1, 0.15) is 116 Å². The average Bonchev–Trinajstić information content (AvgIpc) is 3.38. The van der Waals surface area contributed by atoms with E-state index >= 15 is 0 Å². The van der Waals surface area contributed by atoms with Gasteiger partial charge in [-0.2, -0.15) is 0 Å². The number of allylic oxidation sites excluding steroid dienone is 1. The van der Waals surface area contributed by atoms with Gasteiger partial charge in [-0.1, -0.05) is 89.2 Å². The molecular weight excluding hydrogens is 376 g/mol. The predicted molar refractivity (Wildman–Crippen MR) is 122 cm³/mol. The molecule has 0 aromatic rings. The maximum Gasteiger partial charge on any atom is 0.303 e. The number of rotatable bonds is 16. The predicted octanol–water partition coefficient (Wildman–Crippen LogP) is 6.45. The van der Waals surface area contributed by atoms with Gasteiger partial charge in [-0.3, -0.25) is 4.79 Å². The van der Waals surface area contributed by atoms with Gasteiger partial charge in [0.25, 0.3) is 0 Å². The van der Waals surface area contributed by atoms with Crippen LogP contribution in [0.5, 0.6) is 0 Å². The molecule has 1 unspecified atom stereocenters. The SMILES string of the molecule is O=C(O)CCCCCC[C@H]1CCC[C@@H]1C=CC(CCCCCC1CCCC1)C(O)O. The number of carboxylic acids is 1. The lowest BCUT2D eigenvalue weighted by Gasteiger charge is -2.19. The largest absolute Gasteiger partial charge is 0.481 e. The summed E-state index contributed by atoms with van der Waals surface area (Å²) < 4.78 is 0. The molecule has 4 nitrogen and oxygen atoms in total. The monoisotopic (exact) mass is 422 g/mol. The Kier molecular flexibility index (Phi) is 12.7. The third-order valence-corrected chi connectivity index (χ3v) is 7.55. The second-order valence-corrected chi connectivity index (χ2v) is 9.95. The molecule has 2 fully saturated rings. The van der Waals surface area contributed by atoms with Crippen LogP contribution < -0.4 is 0 Å². The summed E-state index contributed by atoms with van der Waals surface area (Å²) in [6.07, 6.45) is 24.0. The molecule has 2 rings (SSSR count). The molecule has 30 heavy (non-hydrogen) atoms. The molecule has 174 valence electrons. The number of aliphatic carboxylic acids is 1. The fourth-order valence-corrected chi connectivity index (χ4v) is 5.63. The second-order valence-electron chi connectivity index (χ2n) is 9.95. The molecule has 3 N–H and O–H groups in total. The van der Waals surface area contributed by atoms with Crippen molar-refractivity contribution in [2.75, 3.05) is 0 Å². The van der Waals surface area contributed by atoms with Crippen molar-refractivity contribution in [3.05, 3.63) is 12.2 Å². The van der Waals surface area contributed by atoms with Crippen LogP contribution in [-0.2, 0) is 4.79 Å². The minimum atomic E-state index is -1.25. The van der Waals surface area contributed by atoms with Crippen LogP contribution in [-0.4, -0.2) is 27.6 Å². The molecule has 2 aliphatic carbocycles. The van der Waals surface area contributed by atoms with Gasteiger partial charge in [-0.05, 0) is 49.9 Å². The second kappa shape index (κ2) is 15.0. The van der Waals surface area contributed by atoms with Crippen LogP contribution >= 0.6 is 0 Å². The van der Waals surface area contributed by atoms with Gasteiger partial charge >= 0.3 is 5.97 Å². The molecule has 3 atom stereocenters. The number of aliphatic hydroxyl groups is 2. The number of hydrogen-bond donors (Lipinski definition) is 3. The third kappa shape index (κ3) is 10.4. The van der Waals surface area contributed by atoms with E-state index in [2.05, 4.69) is 12.2 Å². The van der Waals surface area contributed by atoms with Crippen molar-refractivity contribution in [2.45, 2.75) is 122 Å². The number of unbranched alkanes of at least 4 members (excludes halogenated alkanes) is 5. The van der Waals surface area contributed by atoms with Crippen LogP contribution in [0, 0.1) is 23.7 Å². The molecule has 0 aliphatic heterocycles. The first kappa shape index (κ1) is 25.4. The summed E-state index contributed by atoms with van der Waals surface area (Å²) in [6.45, 7) is 0. The Bertz CT molecular complexity index is 481. The van der Waals surface area contributed by atoms with Gasteiger partial charge in [0.2, 0.25) is 0 Å². The summed E-state index contributed by atoms with van der Waals surface area (Å²) in [7, 11) is 0. The Morgan fingerprint density at radius 2 is 1.53 bits per heavy atom. The number of hydrogen-bond acceptors (Lipinski definition) is 3. The zero-order valence-electron chi connectivity index (χ0n) is 19.0. The molecule has 2 aliphatic rings. The summed E-state index contributed by atoms with van der Waals surface area (Å²) >= 11 is 0. The Labute approximate surface area is 184 Å². The number of carbonyl (C=O) groups is 1. The fraction of sp³-hybridized carbons (Fsp3) is 0.885. The van der Waals surface area contributed by atoms with Gasteiger partial charge in [-0.15, -0.1) is 0 Å². The summed E-state index contributed by atoms with van der Waals surface area (Å²) in [5.41, 5.74) is 0. The molecule has 0 amide bonds. The molecule has 4 heteroatoms. The first-order valence-corrected chi connectivity index (χ1v) is 12.8. The molecule has 0 radical (unpaired) electrons. The summed E-state index contributed by atoms with van der Waals surface area (Å²) in [4.78, 5) is 10.6. The first-order valence-electron chi connectivity index (χ1n) is 12.8. The van der Waals surface area contributed by atoms with Crippen molar-refractivity contribution in [1.29, 1.82) is 0 Å². The van der Waals surface area contributed by atoms with Crippen molar-refractivity contribution >= 4 is 5.97 Å². The lowest BCUT2D eigenvalue weighted by atomic mass is 9.88.